The molecule has 0 saturated heterocycles. The molecule has 0 atom stereocenters. The molecule has 0 unspecified atom stereocenters. The molecule has 0 fully saturated rings. The van der Waals surface area contributed by atoms with E-state index in [0.717, 1.165) is 25.3 Å². The fourth-order valence-electron chi connectivity index (χ4n) is 1.40. The molecule has 2 rings (SSSR count). The maximum atomic E-state index is 10.8. The average Bonchev–Trinajstić information content (AvgIpc) is 2.39. The highest BCUT2D eigenvalue weighted by atomic mass is 79.9. The molecule has 2 aromatic rings. The van der Waals surface area contributed by atoms with Crippen molar-refractivity contribution < 1.29 is 9.90 Å². The van der Waals surface area contributed by atoms with Gasteiger partial charge in [0.1, 0.15) is 0 Å². The molecule has 1 N–H and O–H groups in total. The standard InChI is InChI=1S/C13H9Br2NO2S/c14-10-3-4-12(16-6-10)19-7-9-2-1-8(13(17)18)5-11(9)15/h1-6H,7H2,(H,17,18). The number of carboxylic acids is 1. The maximum absolute atomic E-state index is 10.8. The number of hydrogen-bond acceptors (Lipinski definition) is 3. The molecule has 0 bridgehead atoms. The van der Waals surface area contributed by atoms with Crippen LogP contribution in [0.15, 0.2) is 50.5 Å². The highest BCUT2D eigenvalue weighted by Crippen LogP contribution is 2.27. The first-order chi connectivity index (χ1) is 9.06. The number of thioether (sulfide) groups is 1. The van der Waals surface area contributed by atoms with E-state index >= 15 is 0 Å². The summed E-state index contributed by atoms with van der Waals surface area (Å²) in [5.41, 5.74) is 1.32. The predicted molar refractivity (Wildman–Crippen MR) is 82.6 cm³/mol. The van der Waals surface area contributed by atoms with Gasteiger partial charge in [0.05, 0.1) is 10.6 Å². The third-order valence-corrected chi connectivity index (χ3v) is 4.58. The van der Waals surface area contributed by atoms with Crippen molar-refractivity contribution in [2.24, 2.45) is 0 Å². The number of pyridine rings is 1. The predicted octanol–water partition coefficient (Wildman–Crippen LogP) is 4.60. The summed E-state index contributed by atoms with van der Waals surface area (Å²) >= 11 is 8.34. The van der Waals surface area contributed by atoms with Crippen molar-refractivity contribution in [3.05, 3.63) is 56.6 Å². The van der Waals surface area contributed by atoms with Gasteiger partial charge in [-0.3, -0.25) is 0 Å². The first-order valence-electron chi connectivity index (χ1n) is 5.32. The Morgan fingerprint density at radius 3 is 2.63 bits per heavy atom. The Kier molecular flexibility index (Phi) is 5.01. The van der Waals surface area contributed by atoms with E-state index in [-0.39, 0.29) is 5.56 Å². The fourth-order valence-corrected chi connectivity index (χ4v) is 3.18. The lowest BCUT2D eigenvalue weighted by atomic mass is 10.1. The Morgan fingerprint density at radius 1 is 1.26 bits per heavy atom. The highest BCUT2D eigenvalue weighted by molar-refractivity contribution is 9.10. The van der Waals surface area contributed by atoms with Crippen LogP contribution < -0.4 is 0 Å². The molecule has 1 heterocycles. The Hall–Kier alpha value is -0.850. The third-order valence-electron chi connectivity index (χ3n) is 2.38. The van der Waals surface area contributed by atoms with Gasteiger partial charge in [-0.1, -0.05) is 22.0 Å². The summed E-state index contributed by atoms with van der Waals surface area (Å²) in [4.78, 5) is 15.1. The molecule has 0 spiro atoms. The first kappa shape index (κ1) is 14.6. The van der Waals surface area contributed by atoms with E-state index in [1.807, 2.05) is 18.2 Å². The van der Waals surface area contributed by atoms with E-state index in [1.54, 1.807) is 30.1 Å². The van der Waals surface area contributed by atoms with Crippen LogP contribution in [0.2, 0.25) is 0 Å². The Balaban J connectivity index is 2.07. The van der Waals surface area contributed by atoms with Crippen molar-refractivity contribution in [3.63, 3.8) is 0 Å². The number of hydrogen-bond donors (Lipinski definition) is 1. The molecule has 0 radical (unpaired) electrons. The first-order valence-corrected chi connectivity index (χ1v) is 7.89. The summed E-state index contributed by atoms with van der Waals surface area (Å²) in [6.07, 6.45) is 1.75. The quantitative estimate of drug-likeness (QED) is 0.759. The number of carboxylic acid groups (broad SMARTS) is 1. The van der Waals surface area contributed by atoms with Gasteiger partial charge < -0.3 is 5.11 Å². The number of rotatable bonds is 4. The second-order valence-corrected chi connectivity index (χ2v) is 6.48. The molecular formula is C13H9Br2NO2S. The summed E-state index contributed by atoms with van der Waals surface area (Å²) in [6.45, 7) is 0. The monoisotopic (exact) mass is 401 g/mol. The molecule has 0 aliphatic heterocycles. The summed E-state index contributed by atoms with van der Waals surface area (Å²) in [6, 6.07) is 8.93. The number of benzene rings is 1. The molecule has 0 aliphatic carbocycles. The van der Waals surface area contributed by atoms with Crippen molar-refractivity contribution >= 4 is 49.6 Å². The lowest BCUT2D eigenvalue weighted by Crippen LogP contribution is -1.97. The van der Waals surface area contributed by atoms with Crippen molar-refractivity contribution in [2.45, 2.75) is 10.8 Å². The zero-order valence-corrected chi connectivity index (χ0v) is 13.6. The van der Waals surface area contributed by atoms with Crippen molar-refractivity contribution in [3.8, 4) is 0 Å². The SMILES string of the molecule is O=C(O)c1ccc(CSc2ccc(Br)cn2)c(Br)c1. The minimum Gasteiger partial charge on any atom is -0.478 e. The summed E-state index contributed by atoms with van der Waals surface area (Å²) in [5.74, 6) is -0.191. The Morgan fingerprint density at radius 2 is 2.05 bits per heavy atom. The Bertz CT molecular complexity index is 602. The third kappa shape index (κ3) is 4.06. The van der Waals surface area contributed by atoms with E-state index in [0.29, 0.717) is 0 Å². The van der Waals surface area contributed by atoms with Gasteiger partial charge in [-0.15, -0.1) is 11.8 Å². The van der Waals surface area contributed by atoms with Crippen LogP contribution in [-0.2, 0) is 5.75 Å². The van der Waals surface area contributed by atoms with E-state index < -0.39 is 5.97 Å². The molecule has 3 nitrogen and oxygen atoms in total. The van der Waals surface area contributed by atoms with Crippen molar-refractivity contribution in [1.82, 2.24) is 4.98 Å². The minimum absolute atomic E-state index is 0.280. The van der Waals surface area contributed by atoms with Gasteiger partial charge in [-0.2, -0.15) is 0 Å². The van der Waals surface area contributed by atoms with E-state index in [2.05, 4.69) is 36.8 Å². The van der Waals surface area contributed by atoms with Gasteiger partial charge in [-0.05, 0) is 45.8 Å². The normalized spacial score (nSPS) is 10.4. The lowest BCUT2D eigenvalue weighted by molar-refractivity contribution is 0.0697. The largest absolute Gasteiger partial charge is 0.478 e. The van der Waals surface area contributed by atoms with Gasteiger partial charge >= 0.3 is 5.97 Å². The molecular weight excluding hydrogens is 394 g/mol. The number of aromatic carboxylic acids is 1. The van der Waals surface area contributed by atoms with Gasteiger partial charge in [0, 0.05) is 20.9 Å². The molecule has 1 aromatic carbocycles. The fraction of sp³-hybridized carbons (Fsp3) is 0.0769. The van der Waals surface area contributed by atoms with Crippen LogP contribution in [0, 0.1) is 0 Å². The molecule has 19 heavy (non-hydrogen) atoms. The minimum atomic E-state index is -0.922. The average molecular weight is 403 g/mol. The van der Waals surface area contributed by atoms with E-state index in [1.165, 1.54) is 0 Å². The van der Waals surface area contributed by atoms with Crippen LogP contribution >= 0.6 is 43.6 Å². The Labute approximate surface area is 131 Å². The van der Waals surface area contributed by atoms with Gasteiger partial charge in [0.15, 0.2) is 0 Å². The van der Waals surface area contributed by atoms with Crippen LogP contribution in [0.3, 0.4) is 0 Å². The molecule has 0 aliphatic rings. The number of aromatic nitrogens is 1. The molecule has 98 valence electrons. The second-order valence-electron chi connectivity index (χ2n) is 3.71. The molecule has 0 saturated carbocycles. The lowest BCUT2D eigenvalue weighted by Gasteiger charge is -2.05. The van der Waals surface area contributed by atoms with Crippen LogP contribution in [0.5, 0.6) is 0 Å². The zero-order chi connectivity index (χ0) is 13.8. The number of nitrogens with zero attached hydrogens (tertiary/aromatic N) is 1. The van der Waals surface area contributed by atoms with Gasteiger partial charge in [0.25, 0.3) is 0 Å². The van der Waals surface area contributed by atoms with Crippen molar-refractivity contribution in [2.75, 3.05) is 0 Å². The van der Waals surface area contributed by atoms with Crippen LogP contribution in [-0.4, -0.2) is 16.1 Å². The van der Waals surface area contributed by atoms with Gasteiger partial charge in [-0.25, -0.2) is 9.78 Å². The topological polar surface area (TPSA) is 50.2 Å². The second kappa shape index (κ2) is 6.54. The van der Waals surface area contributed by atoms with Crippen LogP contribution in [0.25, 0.3) is 0 Å². The summed E-state index contributed by atoms with van der Waals surface area (Å²) < 4.78 is 1.75. The van der Waals surface area contributed by atoms with E-state index in [9.17, 15) is 4.79 Å². The molecule has 0 amide bonds. The zero-order valence-electron chi connectivity index (χ0n) is 9.64. The van der Waals surface area contributed by atoms with Crippen molar-refractivity contribution in [1.29, 1.82) is 0 Å². The maximum Gasteiger partial charge on any atom is 0.335 e. The summed E-state index contributed by atoms with van der Waals surface area (Å²) in [7, 11) is 0. The van der Waals surface area contributed by atoms with Crippen LogP contribution in [0.4, 0.5) is 0 Å². The number of halogens is 2. The van der Waals surface area contributed by atoms with E-state index in [4.69, 9.17) is 5.11 Å². The number of carbonyl (C=O) groups is 1. The molecule has 6 heteroatoms. The highest BCUT2D eigenvalue weighted by Gasteiger charge is 2.07. The van der Waals surface area contributed by atoms with Crippen LogP contribution in [0.1, 0.15) is 15.9 Å². The smallest absolute Gasteiger partial charge is 0.335 e. The molecule has 1 aromatic heterocycles. The summed E-state index contributed by atoms with van der Waals surface area (Å²) in [5, 5.41) is 9.82. The van der Waals surface area contributed by atoms with Gasteiger partial charge in [0.2, 0.25) is 0 Å².